The number of carbonyl (C=O) groups is 1. The number of piperidine rings is 1. The van der Waals surface area contributed by atoms with Crippen molar-refractivity contribution in [2.75, 3.05) is 34.3 Å². The third-order valence-electron chi connectivity index (χ3n) is 4.57. The van der Waals surface area contributed by atoms with Gasteiger partial charge in [0.2, 0.25) is 5.91 Å². The van der Waals surface area contributed by atoms with E-state index in [1.165, 1.54) is 0 Å². The van der Waals surface area contributed by atoms with E-state index in [0.717, 1.165) is 30.7 Å². The SMILES string of the molecule is COc1cccc(C(CNC(=O)[C@H]2CCN[C@@H](C)C2)N(C)C)c1.Cl. The second kappa shape index (κ2) is 9.87. The van der Waals surface area contributed by atoms with Gasteiger partial charge in [-0.25, -0.2) is 0 Å². The fraction of sp³-hybridized carbons (Fsp3) is 0.611. The minimum Gasteiger partial charge on any atom is -0.497 e. The summed E-state index contributed by atoms with van der Waals surface area (Å²) in [6, 6.07) is 8.58. The predicted octanol–water partition coefficient (Wildman–Crippen LogP) is 2.22. The lowest BCUT2D eigenvalue weighted by Crippen LogP contribution is -2.44. The van der Waals surface area contributed by atoms with Gasteiger partial charge in [-0.05, 0) is 58.1 Å². The lowest BCUT2D eigenvalue weighted by molar-refractivity contribution is -0.126. The number of hydrogen-bond donors (Lipinski definition) is 2. The molecule has 1 aromatic rings. The topological polar surface area (TPSA) is 53.6 Å². The predicted molar refractivity (Wildman–Crippen MR) is 99.9 cm³/mol. The number of methoxy groups -OCH3 is 1. The molecule has 24 heavy (non-hydrogen) atoms. The molecule has 1 unspecified atom stereocenters. The smallest absolute Gasteiger partial charge is 0.223 e. The van der Waals surface area contributed by atoms with E-state index < -0.39 is 0 Å². The lowest BCUT2D eigenvalue weighted by atomic mass is 9.92. The molecule has 1 aliphatic heterocycles. The molecule has 1 heterocycles. The van der Waals surface area contributed by atoms with Crippen molar-refractivity contribution in [2.45, 2.75) is 31.8 Å². The van der Waals surface area contributed by atoms with Crippen molar-refractivity contribution in [1.82, 2.24) is 15.5 Å². The molecule has 0 spiro atoms. The largest absolute Gasteiger partial charge is 0.497 e. The first-order valence-corrected chi connectivity index (χ1v) is 8.32. The highest BCUT2D eigenvalue weighted by atomic mass is 35.5. The molecule has 0 saturated carbocycles. The molecule has 136 valence electrons. The quantitative estimate of drug-likeness (QED) is 0.821. The molecule has 0 aromatic heterocycles. The van der Waals surface area contributed by atoms with E-state index in [9.17, 15) is 4.79 Å². The first-order valence-electron chi connectivity index (χ1n) is 8.32. The van der Waals surface area contributed by atoms with E-state index >= 15 is 0 Å². The molecule has 3 atom stereocenters. The molecule has 2 rings (SSSR count). The minimum absolute atomic E-state index is 0. The highest BCUT2D eigenvalue weighted by Gasteiger charge is 2.25. The number of ether oxygens (including phenoxy) is 1. The first-order chi connectivity index (χ1) is 11.0. The Bertz CT molecular complexity index is 525. The third-order valence-corrected chi connectivity index (χ3v) is 4.57. The average Bonchev–Trinajstić information content (AvgIpc) is 2.54. The second-order valence-electron chi connectivity index (χ2n) is 6.58. The Morgan fingerprint density at radius 3 is 2.83 bits per heavy atom. The standard InChI is InChI=1S/C18H29N3O2.ClH/c1-13-10-15(8-9-19-13)18(22)20-12-17(21(2)3)14-6-5-7-16(11-14)23-4;/h5-7,11,13,15,17,19H,8-10,12H2,1-4H3,(H,20,22);1H/t13-,15-,17?;/m0./s1. The van der Waals surface area contributed by atoms with Crippen LogP contribution in [0.1, 0.15) is 31.4 Å². The van der Waals surface area contributed by atoms with Gasteiger partial charge in [-0.15, -0.1) is 12.4 Å². The van der Waals surface area contributed by atoms with E-state index in [-0.39, 0.29) is 30.3 Å². The van der Waals surface area contributed by atoms with Gasteiger partial charge >= 0.3 is 0 Å². The van der Waals surface area contributed by atoms with Crippen LogP contribution in [0.15, 0.2) is 24.3 Å². The number of amides is 1. The third kappa shape index (κ3) is 5.65. The second-order valence-corrected chi connectivity index (χ2v) is 6.58. The number of nitrogens with zero attached hydrogens (tertiary/aromatic N) is 1. The summed E-state index contributed by atoms with van der Waals surface area (Å²) in [6.45, 7) is 3.67. The van der Waals surface area contributed by atoms with Crippen molar-refractivity contribution in [3.05, 3.63) is 29.8 Å². The summed E-state index contributed by atoms with van der Waals surface area (Å²) in [5.74, 6) is 1.14. The summed E-state index contributed by atoms with van der Waals surface area (Å²) >= 11 is 0. The normalized spacial score (nSPS) is 21.7. The molecule has 5 nitrogen and oxygen atoms in total. The Kier molecular flexibility index (Phi) is 8.53. The number of halogens is 1. The van der Waals surface area contributed by atoms with Crippen molar-refractivity contribution in [1.29, 1.82) is 0 Å². The summed E-state index contributed by atoms with van der Waals surface area (Å²) in [5.41, 5.74) is 1.15. The molecule has 0 aliphatic carbocycles. The van der Waals surface area contributed by atoms with Crippen LogP contribution in [0.3, 0.4) is 0 Å². The molecule has 1 fully saturated rings. The zero-order chi connectivity index (χ0) is 16.8. The molecular formula is C18H30ClN3O2. The van der Waals surface area contributed by atoms with Crippen LogP contribution in [0.4, 0.5) is 0 Å². The first kappa shape index (κ1) is 20.7. The summed E-state index contributed by atoms with van der Waals surface area (Å²) in [5, 5.41) is 6.53. The number of likely N-dealkylation sites (N-methyl/N-ethyl adjacent to an activating group) is 1. The maximum atomic E-state index is 12.4. The van der Waals surface area contributed by atoms with Crippen molar-refractivity contribution in [2.24, 2.45) is 5.92 Å². The van der Waals surface area contributed by atoms with Crippen LogP contribution < -0.4 is 15.4 Å². The van der Waals surface area contributed by atoms with Gasteiger partial charge in [0.1, 0.15) is 5.75 Å². The minimum atomic E-state index is 0. The van der Waals surface area contributed by atoms with Crippen LogP contribution in [0.5, 0.6) is 5.75 Å². The van der Waals surface area contributed by atoms with Gasteiger partial charge < -0.3 is 20.3 Å². The van der Waals surface area contributed by atoms with Crippen LogP contribution >= 0.6 is 12.4 Å². The van der Waals surface area contributed by atoms with Gasteiger partial charge in [-0.3, -0.25) is 4.79 Å². The Morgan fingerprint density at radius 1 is 1.46 bits per heavy atom. The fourth-order valence-electron chi connectivity index (χ4n) is 3.16. The maximum Gasteiger partial charge on any atom is 0.223 e. The molecular weight excluding hydrogens is 326 g/mol. The van der Waals surface area contributed by atoms with Crippen LogP contribution in [-0.2, 0) is 4.79 Å². The Balaban J connectivity index is 0.00000288. The molecule has 0 bridgehead atoms. The highest BCUT2D eigenvalue weighted by Crippen LogP contribution is 2.23. The van der Waals surface area contributed by atoms with Gasteiger partial charge in [0.25, 0.3) is 0 Å². The molecule has 1 aliphatic rings. The average molecular weight is 356 g/mol. The summed E-state index contributed by atoms with van der Waals surface area (Å²) in [7, 11) is 5.73. The number of nitrogens with one attached hydrogen (secondary N) is 2. The summed E-state index contributed by atoms with van der Waals surface area (Å²) < 4.78 is 5.30. The van der Waals surface area contributed by atoms with Gasteiger partial charge in [-0.1, -0.05) is 12.1 Å². The Hall–Kier alpha value is -1.30. The summed E-state index contributed by atoms with van der Waals surface area (Å²) in [4.78, 5) is 14.6. The molecule has 1 saturated heterocycles. The Morgan fingerprint density at radius 2 is 2.21 bits per heavy atom. The van der Waals surface area contributed by atoms with Gasteiger partial charge in [0, 0.05) is 18.5 Å². The zero-order valence-electron chi connectivity index (χ0n) is 15.0. The molecule has 0 radical (unpaired) electrons. The fourth-order valence-corrected chi connectivity index (χ4v) is 3.16. The van der Waals surface area contributed by atoms with Gasteiger partial charge in [0.05, 0.1) is 13.2 Å². The van der Waals surface area contributed by atoms with E-state index in [4.69, 9.17) is 4.74 Å². The number of hydrogen-bond acceptors (Lipinski definition) is 4. The van der Waals surface area contributed by atoms with Gasteiger partial charge in [0.15, 0.2) is 0 Å². The number of carbonyl (C=O) groups excluding carboxylic acids is 1. The van der Waals surface area contributed by atoms with Crippen LogP contribution in [0.2, 0.25) is 0 Å². The van der Waals surface area contributed by atoms with E-state index in [2.05, 4.69) is 28.5 Å². The van der Waals surface area contributed by atoms with E-state index in [1.54, 1.807) is 7.11 Å². The highest BCUT2D eigenvalue weighted by molar-refractivity contribution is 5.85. The number of rotatable bonds is 6. The van der Waals surface area contributed by atoms with E-state index in [1.807, 2.05) is 32.3 Å². The van der Waals surface area contributed by atoms with E-state index in [0.29, 0.717) is 12.6 Å². The zero-order valence-corrected chi connectivity index (χ0v) is 15.9. The Labute approximate surface area is 151 Å². The summed E-state index contributed by atoms with van der Waals surface area (Å²) in [6.07, 6.45) is 1.83. The van der Waals surface area contributed by atoms with Crippen LogP contribution in [0.25, 0.3) is 0 Å². The molecule has 1 amide bonds. The number of benzene rings is 1. The van der Waals surface area contributed by atoms with Crippen LogP contribution in [0, 0.1) is 5.92 Å². The maximum absolute atomic E-state index is 12.4. The monoisotopic (exact) mass is 355 g/mol. The van der Waals surface area contributed by atoms with Crippen molar-refractivity contribution in [3.63, 3.8) is 0 Å². The van der Waals surface area contributed by atoms with Crippen LogP contribution in [-0.4, -0.2) is 51.1 Å². The van der Waals surface area contributed by atoms with Crippen molar-refractivity contribution in [3.8, 4) is 5.75 Å². The van der Waals surface area contributed by atoms with Crippen molar-refractivity contribution < 1.29 is 9.53 Å². The molecule has 2 N–H and O–H groups in total. The molecule has 6 heteroatoms. The lowest BCUT2D eigenvalue weighted by Gasteiger charge is -2.29. The molecule has 1 aromatic carbocycles. The van der Waals surface area contributed by atoms with Gasteiger partial charge in [-0.2, -0.15) is 0 Å². The van der Waals surface area contributed by atoms with Crippen molar-refractivity contribution >= 4 is 18.3 Å².